The summed E-state index contributed by atoms with van der Waals surface area (Å²) in [6.45, 7) is 30.1. The molecule has 1 rings (SSSR count). The Bertz CT molecular complexity index is 1080. The molecule has 0 saturated heterocycles. The van der Waals surface area contributed by atoms with Gasteiger partial charge in [-0.3, -0.25) is 14.7 Å². The Kier molecular flexibility index (Phi) is 32.0. The van der Waals surface area contributed by atoms with Crippen molar-refractivity contribution in [2.75, 3.05) is 19.0 Å². The first-order valence-electron chi connectivity index (χ1n) is 17.0. The zero-order chi connectivity index (χ0) is 36.0. The molecule has 46 heavy (non-hydrogen) atoms. The number of unbranched alkanes of at least 4 members (excludes halogenated alkanes) is 5. The van der Waals surface area contributed by atoms with E-state index in [1.54, 1.807) is 11.8 Å². The number of nitrogens with zero attached hydrogens (tertiary/aromatic N) is 3. The van der Waals surface area contributed by atoms with Crippen LogP contribution in [0, 0.1) is 23.7 Å². The van der Waals surface area contributed by atoms with Crippen LogP contribution in [0.1, 0.15) is 133 Å². The lowest BCUT2D eigenvalue weighted by atomic mass is 9.91. The summed E-state index contributed by atoms with van der Waals surface area (Å²) in [4.78, 5) is 28.5. The van der Waals surface area contributed by atoms with Crippen molar-refractivity contribution < 1.29 is 9.59 Å². The quantitative estimate of drug-likeness (QED) is 0.0337. The fourth-order valence-electron chi connectivity index (χ4n) is 3.99. The zero-order valence-corrected chi connectivity index (χ0v) is 32.4. The molecule has 0 fully saturated rings. The van der Waals surface area contributed by atoms with Gasteiger partial charge in [-0.2, -0.15) is 5.26 Å². The number of carbonyl (C=O) groups excluding carboxylic acids is 2. The Morgan fingerprint density at radius 1 is 0.935 bits per heavy atom. The highest BCUT2D eigenvalue weighted by Gasteiger charge is 2.21. The molecule has 5 nitrogen and oxygen atoms in total. The van der Waals surface area contributed by atoms with E-state index < -0.39 is 0 Å². The summed E-state index contributed by atoms with van der Waals surface area (Å²) in [5.41, 5.74) is 3.94. The average Bonchev–Trinajstić information content (AvgIpc) is 3.00. The van der Waals surface area contributed by atoms with Crippen LogP contribution in [0.15, 0.2) is 68.7 Å². The Morgan fingerprint density at radius 2 is 1.39 bits per heavy atom. The van der Waals surface area contributed by atoms with E-state index in [4.69, 9.17) is 4.79 Å². The maximum atomic E-state index is 11.8. The molecule has 1 aromatic carbocycles. The number of hydrogen-bond donors (Lipinski definition) is 0. The van der Waals surface area contributed by atoms with E-state index in [2.05, 4.69) is 90.2 Å². The van der Waals surface area contributed by atoms with E-state index in [1.807, 2.05) is 38.1 Å². The van der Waals surface area contributed by atoms with E-state index in [1.165, 1.54) is 70.8 Å². The highest BCUT2D eigenvalue weighted by atomic mass is 32.2. The smallest absolute Gasteiger partial charge is 0.170 e. The van der Waals surface area contributed by atoms with Crippen LogP contribution in [-0.4, -0.2) is 42.7 Å². The maximum absolute atomic E-state index is 11.8. The third kappa shape index (κ3) is 25.4. The summed E-state index contributed by atoms with van der Waals surface area (Å²) in [6.07, 6.45) is 13.1. The molecular formula is C40H67N3O2S. The molecular weight excluding hydrogens is 587 g/mol. The average molecular weight is 654 g/mol. The number of thioether (sulfide) groups is 1. The predicted octanol–water partition coefficient (Wildman–Crippen LogP) is 11.7. The number of allylic oxidation sites excluding steroid dienone is 5. The van der Waals surface area contributed by atoms with Crippen molar-refractivity contribution in [2.24, 2.45) is 10.4 Å². The van der Waals surface area contributed by atoms with Crippen LogP contribution in [0.5, 0.6) is 0 Å². The third-order valence-corrected chi connectivity index (χ3v) is 7.95. The van der Waals surface area contributed by atoms with Crippen LogP contribution in [-0.2, 0) is 9.59 Å². The van der Waals surface area contributed by atoms with Gasteiger partial charge < -0.3 is 4.79 Å². The van der Waals surface area contributed by atoms with E-state index in [0.717, 1.165) is 41.4 Å². The number of aryl methyl sites for hydroxylation is 1. The van der Waals surface area contributed by atoms with E-state index in [-0.39, 0.29) is 16.8 Å². The van der Waals surface area contributed by atoms with Gasteiger partial charge in [0.15, 0.2) is 5.78 Å². The molecule has 0 aliphatic heterocycles. The van der Waals surface area contributed by atoms with Crippen molar-refractivity contribution in [3.8, 4) is 6.07 Å². The molecule has 0 atom stereocenters. The number of hydrogen-bond acceptors (Lipinski definition) is 6. The summed E-state index contributed by atoms with van der Waals surface area (Å²) < 4.78 is 0. The summed E-state index contributed by atoms with van der Waals surface area (Å²) in [6, 6.07) is 12.3. The van der Waals surface area contributed by atoms with Gasteiger partial charge in [0.05, 0.1) is 11.3 Å². The molecule has 0 spiro atoms. The van der Waals surface area contributed by atoms with Gasteiger partial charge in [0.1, 0.15) is 12.4 Å². The molecule has 0 bridgehead atoms. The van der Waals surface area contributed by atoms with Crippen molar-refractivity contribution in [2.45, 2.75) is 134 Å². The van der Waals surface area contributed by atoms with Gasteiger partial charge in [-0.1, -0.05) is 123 Å². The number of carbonyl (C=O) groups is 2. The van der Waals surface area contributed by atoms with Crippen LogP contribution in [0.2, 0.25) is 0 Å². The van der Waals surface area contributed by atoms with Gasteiger partial charge in [-0.25, -0.2) is 0 Å². The lowest BCUT2D eigenvalue weighted by molar-refractivity contribution is -0.113. The van der Waals surface area contributed by atoms with Crippen LogP contribution in [0.4, 0.5) is 0 Å². The first-order valence-corrected chi connectivity index (χ1v) is 18.0. The van der Waals surface area contributed by atoms with Crippen LogP contribution in [0.3, 0.4) is 0 Å². The first-order chi connectivity index (χ1) is 21.7. The SMILES string of the molecule is C=N/C(=C(/C=C(C)/C(C)=C(/C#N)C(C)=O)SCN(CCCC)CCCC)C(C)(C)C.CC=O.CCCCCC.Cc1ccccc1. The van der Waals surface area contributed by atoms with Gasteiger partial charge in [-0.15, -0.1) is 11.8 Å². The second kappa shape index (κ2) is 30.9. The van der Waals surface area contributed by atoms with Crippen molar-refractivity contribution in [1.29, 1.82) is 5.26 Å². The van der Waals surface area contributed by atoms with Gasteiger partial charge in [-0.05, 0) is 84.5 Å². The Balaban J connectivity index is -0.000000930. The normalized spacial score (nSPS) is 12.0. The van der Waals surface area contributed by atoms with E-state index >= 15 is 0 Å². The lowest BCUT2D eigenvalue weighted by Gasteiger charge is -2.25. The zero-order valence-electron chi connectivity index (χ0n) is 31.6. The molecule has 0 radical (unpaired) electrons. The second-order valence-corrected chi connectivity index (χ2v) is 13.3. The molecule has 0 aliphatic carbocycles. The van der Waals surface area contributed by atoms with Crippen molar-refractivity contribution in [3.05, 3.63) is 69.3 Å². The van der Waals surface area contributed by atoms with E-state index in [0.29, 0.717) is 5.57 Å². The maximum Gasteiger partial charge on any atom is 0.170 e. The number of ketones is 1. The molecule has 6 heteroatoms. The second-order valence-electron chi connectivity index (χ2n) is 12.3. The minimum Gasteiger partial charge on any atom is -0.304 e. The number of aliphatic imine (C=N–C) groups is 1. The standard InChI is InChI=1S/C25H41N3OS.C7H8.C6H14.C2H4O/c1-10-12-14-28(15-13-11-2)18-30-23(24(27-9)25(6,7)8)16-19(3)20(4)22(17-26)21(5)29;1-7-5-3-2-4-6-7;1-3-5-6-4-2;1-2-3/h16H,9-15,18H2,1-8H3;2-6H,1H3;3-6H2,1-2H3;2H,1H3/b19-16+,22-20-,24-23-;;;. The first kappa shape index (κ1) is 47.7. The number of nitriles is 1. The monoisotopic (exact) mass is 653 g/mol. The Hall–Kier alpha value is -2.75. The van der Waals surface area contributed by atoms with Gasteiger partial charge in [0.2, 0.25) is 0 Å². The van der Waals surface area contributed by atoms with Crippen LogP contribution in [0.25, 0.3) is 0 Å². The largest absolute Gasteiger partial charge is 0.304 e. The van der Waals surface area contributed by atoms with Crippen molar-refractivity contribution in [3.63, 3.8) is 0 Å². The molecule has 0 saturated carbocycles. The van der Waals surface area contributed by atoms with Crippen molar-refractivity contribution >= 4 is 30.5 Å². The number of benzene rings is 1. The number of Topliss-reactive ketones (excluding diaryl/α,β-unsaturated/α-hetero) is 1. The summed E-state index contributed by atoms with van der Waals surface area (Å²) in [7, 11) is 0. The molecule has 0 heterocycles. The summed E-state index contributed by atoms with van der Waals surface area (Å²) in [5.74, 6) is 0.679. The summed E-state index contributed by atoms with van der Waals surface area (Å²) >= 11 is 1.77. The highest BCUT2D eigenvalue weighted by molar-refractivity contribution is 8.03. The van der Waals surface area contributed by atoms with Gasteiger partial charge >= 0.3 is 0 Å². The molecule has 0 unspecified atom stereocenters. The van der Waals surface area contributed by atoms with E-state index in [9.17, 15) is 10.1 Å². The predicted molar refractivity (Wildman–Crippen MR) is 205 cm³/mol. The van der Waals surface area contributed by atoms with Crippen LogP contribution < -0.4 is 0 Å². The minimum atomic E-state index is -0.205. The van der Waals surface area contributed by atoms with Crippen molar-refractivity contribution in [1.82, 2.24) is 4.90 Å². The van der Waals surface area contributed by atoms with Crippen LogP contribution >= 0.6 is 11.8 Å². The topological polar surface area (TPSA) is 73.5 Å². The Morgan fingerprint density at radius 3 is 1.70 bits per heavy atom. The molecule has 260 valence electrons. The molecule has 0 aromatic heterocycles. The molecule has 1 aromatic rings. The minimum absolute atomic E-state index is 0.158. The molecule has 0 aliphatic rings. The molecule has 0 N–H and O–H groups in total. The fourth-order valence-corrected chi connectivity index (χ4v) is 5.34. The molecule has 0 amide bonds. The highest BCUT2D eigenvalue weighted by Crippen LogP contribution is 2.36. The fraction of sp³-hybridized carbons (Fsp3) is 0.600. The lowest BCUT2D eigenvalue weighted by Crippen LogP contribution is -2.26. The van der Waals surface area contributed by atoms with Gasteiger partial charge in [0.25, 0.3) is 0 Å². The summed E-state index contributed by atoms with van der Waals surface area (Å²) in [5, 5.41) is 9.37. The Labute approximate surface area is 288 Å². The number of rotatable bonds is 16. The number of aldehydes is 1. The third-order valence-electron chi connectivity index (χ3n) is 6.84. The van der Waals surface area contributed by atoms with Gasteiger partial charge in [0, 0.05) is 16.2 Å².